The van der Waals surface area contributed by atoms with Gasteiger partial charge in [-0.1, -0.05) is 0 Å². The molecule has 2 aliphatic rings. The molecule has 2 rings (SSSR count). The number of carbonyl (C=O) groups excluding carboxylic acids is 2. The van der Waals surface area contributed by atoms with Crippen LogP contribution in [0.3, 0.4) is 0 Å². The first-order valence-electron chi connectivity index (χ1n) is 7.79. The zero-order valence-corrected chi connectivity index (χ0v) is 14.3. The van der Waals surface area contributed by atoms with Crippen LogP contribution < -0.4 is 10.6 Å². The summed E-state index contributed by atoms with van der Waals surface area (Å²) in [6.45, 7) is 3.53. The fourth-order valence-corrected chi connectivity index (χ4v) is 2.93. The predicted molar refractivity (Wildman–Crippen MR) is 83.6 cm³/mol. The second-order valence-electron chi connectivity index (χ2n) is 6.13. The van der Waals surface area contributed by atoms with Crippen LogP contribution in [0.1, 0.15) is 13.8 Å². The number of nitrogens with zero attached hydrogens (tertiary/aromatic N) is 1. The lowest BCUT2D eigenvalue weighted by atomic mass is 10.1. The Balaban J connectivity index is 2.26. The lowest BCUT2D eigenvalue weighted by Crippen LogP contribution is -2.42. The number of aliphatic hydroxyl groups is 1. The summed E-state index contributed by atoms with van der Waals surface area (Å²) in [5, 5.41) is 14.9. The topological polar surface area (TPSA) is 109 Å². The smallest absolute Gasteiger partial charge is 0.249 e. The maximum Gasteiger partial charge on any atom is 0.249 e. The average molecular weight is 343 g/mol. The number of hydrogen-bond donors (Lipinski definition) is 3. The van der Waals surface area contributed by atoms with E-state index in [4.69, 9.17) is 14.2 Å². The maximum atomic E-state index is 11.9. The Labute approximate surface area is 140 Å². The third kappa shape index (κ3) is 3.76. The Morgan fingerprint density at radius 1 is 1.29 bits per heavy atom. The lowest BCUT2D eigenvalue weighted by Gasteiger charge is -2.28. The molecular weight excluding hydrogens is 318 g/mol. The van der Waals surface area contributed by atoms with Crippen molar-refractivity contribution in [2.45, 2.75) is 44.2 Å². The molecule has 24 heavy (non-hydrogen) atoms. The number of amides is 2. The lowest BCUT2D eigenvalue weighted by molar-refractivity contribution is -0.204. The molecule has 2 fully saturated rings. The molecule has 0 saturated carbocycles. The number of nitrogens with one attached hydrogen (secondary N) is 2. The van der Waals surface area contributed by atoms with E-state index in [2.05, 4.69) is 10.6 Å². The first-order chi connectivity index (χ1) is 11.4. The summed E-state index contributed by atoms with van der Waals surface area (Å²) >= 11 is 0. The van der Waals surface area contributed by atoms with E-state index >= 15 is 0 Å². The minimum atomic E-state index is -0.836. The van der Waals surface area contributed by atoms with E-state index < -0.39 is 30.3 Å². The zero-order chi connectivity index (χ0) is 17.9. The summed E-state index contributed by atoms with van der Waals surface area (Å²) in [7, 11) is 3.21. The summed E-state index contributed by atoms with van der Waals surface area (Å²) in [4.78, 5) is 24.7. The Morgan fingerprint density at radius 2 is 1.96 bits per heavy atom. The second kappa shape index (κ2) is 7.58. The number of hydrogen-bond acceptors (Lipinski definition) is 7. The highest BCUT2D eigenvalue weighted by molar-refractivity contribution is 5.93. The molecular formula is C15H25N3O6. The average Bonchev–Trinajstić information content (AvgIpc) is 3.03. The van der Waals surface area contributed by atoms with Gasteiger partial charge in [0.15, 0.2) is 12.0 Å². The zero-order valence-electron chi connectivity index (χ0n) is 14.3. The number of aliphatic hydroxyl groups excluding tert-OH is 1. The van der Waals surface area contributed by atoms with Gasteiger partial charge < -0.3 is 30.0 Å². The van der Waals surface area contributed by atoms with Gasteiger partial charge >= 0.3 is 0 Å². The number of fused-ring (bicyclic) bond motifs is 1. The highest BCUT2D eigenvalue weighted by Crippen LogP contribution is 2.39. The Kier molecular flexibility index (Phi) is 5.94. The fraction of sp³-hybridized carbons (Fsp3) is 0.733. The van der Waals surface area contributed by atoms with Crippen LogP contribution in [-0.2, 0) is 23.8 Å². The van der Waals surface area contributed by atoms with Crippen LogP contribution in [0.5, 0.6) is 0 Å². The molecule has 0 aromatic carbocycles. The molecule has 0 aliphatic carbocycles. The normalized spacial score (nSPS) is 31.6. The van der Waals surface area contributed by atoms with E-state index in [0.29, 0.717) is 12.0 Å². The van der Waals surface area contributed by atoms with Crippen molar-refractivity contribution in [1.82, 2.24) is 15.5 Å². The second-order valence-corrected chi connectivity index (χ2v) is 6.13. The molecule has 0 bridgehead atoms. The molecule has 9 heteroatoms. The number of carbonyl (C=O) groups is 2. The quantitative estimate of drug-likeness (QED) is 0.382. The summed E-state index contributed by atoms with van der Waals surface area (Å²) < 4.78 is 17.3. The Hall–Kier alpha value is -1.52. The summed E-state index contributed by atoms with van der Waals surface area (Å²) in [6, 6.07) is 0. The molecule has 4 atom stereocenters. The molecule has 0 radical (unpaired) electrons. The van der Waals surface area contributed by atoms with Gasteiger partial charge in [-0.25, -0.2) is 0 Å². The van der Waals surface area contributed by atoms with Crippen molar-refractivity contribution in [1.29, 1.82) is 0 Å². The van der Waals surface area contributed by atoms with Crippen LogP contribution in [0, 0.1) is 0 Å². The van der Waals surface area contributed by atoms with Crippen molar-refractivity contribution < 1.29 is 28.9 Å². The van der Waals surface area contributed by atoms with E-state index in [1.807, 2.05) is 0 Å². The van der Waals surface area contributed by atoms with Crippen LogP contribution in [0.25, 0.3) is 0 Å². The molecule has 4 unspecified atom stereocenters. The van der Waals surface area contributed by atoms with Crippen molar-refractivity contribution >= 4 is 12.3 Å². The number of ether oxygens (including phenoxy) is 3. The fourth-order valence-electron chi connectivity index (χ4n) is 2.93. The van der Waals surface area contributed by atoms with E-state index in [9.17, 15) is 14.7 Å². The largest absolute Gasteiger partial charge is 0.394 e. The standard InChI is InChI=1S/C15H25N3O6/c1-15(2)23-11-10(7-19)22-14(12(11)24-15)18(8-20)6-9(5-16-3)13(21)17-4/h6,8,10-12,14,16,19H,5,7H2,1-4H3,(H,17,21)/b9-6-. The van der Waals surface area contributed by atoms with Crippen molar-refractivity contribution in [3.63, 3.8) is 0 Å². The van der Waals surface area contributed by atoms with Crippen molar-refractivity contribution in [3.8, 4) is 0 Å². The minimum Gasteiger partial charge on any atom is -0.394 e. The van der Waals surface area contributed by atoms with Crippen LogP contribution >= 0.6 is 0 Å². The first-order valence-corrected chi connectivity index (χ1v) is 7.79. The molecule has 136 valence electrons. The molecule has 9 nitrogen and oxygen atoms in total. The van der Waals surface area contributed by atoms with Gasteiger partial charge in [-0.3, -0.25) is 14.5 Å². The van der Waals surface area contributed by atoms with Gasteiger partial charge in [0.25, 0.3) is 0 Å². The summed E-state index contributed by atoms with van der Waals surface area (Å²) in [6.07, 6.45) is -0.459. The molecule has 0 aromatic heterocycles. The third-order valence-electron chi connectivity index (χ3n) is 3.91. The molecule has 3 N–H and O–H groups in total. The Morgan fingerprint density at radius 3 is 2.50 bits per heavy atom. The molecule has 0 aromatic rings. The van der Waals surface area contributed by atoms with Crippen molar-refractivity contribution in [2.24, 2.45) is 0 Å². The van der Waals surface area contributed by atoms with Gasteiger partial charge in [-0.15, -0.1) is 0 Å². The maximum absolute atomic E-state index is 11.9. The van der Waals surface area contributed by atoms with E-state index in [0.717, 1.165) is 0 Å². The predicted octanol–water partition coefficient (Wildman–Crippen LogP) is -1.47. The van der Waals surface area contributed by atoms with Gasteiger partial charge in [0.1, 0.15) is 18.3 Å². The van der Waals surface area contributed by atoms with Crippen LogP contribution in [0.2, 0.25) is 0 Å². The van der Waals surface area contributed by atoms with Crippen LogP contribution in [0.15, 0.2) is 11.8 Å². The minimum absolute atomic E-state index is 0.258. The van der Waals surface area contributed by atoms with Gasteiger partial charge in [-0.05, 0) is 20.9 Å². The third-order valence-corrected chi connectivity index (χ3v) is 3.91. The Bertz CT molecular complexity index is 509. The van der Waals surface area contributed by atoms with Gasteiger partial charge in [-0.2, -0.15) is 0 Å². The molecule has 0 spiro atoms. The number of likely N-dealkylation sites (N-methyl/N-ethyl adjacent to an activating group) is 2. The summed E-state index contributed by atoms with van der Waals surface area (Å²) in [5.41, 5.74) is 0.359. The van der Waals surface area contributed by atoms with Crippen LogP contribution in [-0.4, -0.2) is 79.9 Å². The van der Waals surface area contributed by atoms with Crippen LogP contribution in [0.4, 0.5) is 0 Å². The van der Waals surface area contributed by atoms with E-state index in [-0.39, 0.29) is 19.1 Å². The van der Waals surface area contributed by atoms with Gasteiger partial charge in [0.05, 0.1) is 6.61 Å². The molecule has 2 aliphatic heterocycles. The van der Waals surface area contributed by atoms with E-state index in [1.165, 1.54) is 18.1 Å². The first kappa shape index (κ1) is 18.8. The van der Waals surface area contributed by atoms with Gasteiger partial charge in [0, 0.05) is 25.4 Å². The number of rotatable bonds is 7. The molecule has 2 heterocycles. The SMILES string of the molecule is CNC/C(=C/N(C=O)C1OC(CO)C2OC(C)(C)OC21)C(=O)NC. The van der Waals surface area contributed by atoms with Crippen molar-refractivity contribution in [3.05, 3.63) is 11.8 Å². The highest BCUT2D eigenvalue weighted by Gasteiger charge is 2.56. The van der Waals surface area contributed by atoms with E-state index in [1.54, 1.807) is 20.9 Å². The highest BCUT2D eigenvalue weighted by atomic mass is 16.8. The molecule has 2 amide bonds. The van der Waals surface area contributed by atoms with Gasteiger partial charge in [0.2, 0.25) is 12.3 Å². The summed E-state index contributed by atoms with van der Waals surface area (Å²) in [5.74, 6) is -1.15. The molecule has 2 saturated heterocycles. The van der Waals surface area contributed by atoms with Crippen molar-refractivity contribution in [2.75, 3.05) is 27.2 Å². The monoisotopic (exact) mass is 343 g/mol.